The fraction of sp³-hybridized carbons (Fsp3) is 0.222. The van der Waals surface area contributed by atoms with Crippen LogP contribution in [-0.4, -0.2) is 18.0 Å². The third kappa shape index (κ3) is 4.80. The largest absolute Gasteiger partial charge is 0.452 e. The maximum Gasteiger partial charge on any atom is 0.311 e. The molecular formula is C18H17ClFNO3. The fourth-order valence-corrected chi connectivity index (χ4v) is 2.33. The number of carbonyl (C=O) groups is 2. The maximum absolute atomic E-state index is 13.7. The summed E-state index contributed by atoms with van der Waals surface area (Å²) in [5.41, 5.74) is 1.65. The predicted octanol–water partition coefficient (Wildman–Crippen LogP) is 3.90. The van der Waals surface area contributed by atoms with E-state index in [-0.39, 0.29) is 17.0 Å². The molecule has 0 aliphatic rings. The zero-order chi connectivity index (χ0) is 17.7. The second-order valence-electron chi connectivity index (χ2n) is 5.37. The van der Waals surface area contributed by atoms with Crippen molar-refractivity contribution in [2.45, 2.75) is 26.4 Å². The van der Waals surface area contributed by atoms with Crippen LogP contribution in [0, 0.1) is 12.7 Å². The fourth-order valence-electron chi connectivity index (χ4n) is 2.10. The summed E-state index contributed by atoms with van der Waals surface area (Å²) >= 11 is 5.87. The summed E-state index contributed by atoms with van der Waals surface area (Å²) in [5.74, 6) is -1.78. The number of hydrogen-bond donors (Lipinski definition) is 1. The zero-order valence-corrected chi connectivity index (χ0v) is 14.1. The van der Waals surface area contributed by atoms with Crippen LogP contribution >= 0.6 is 11.6 Å². The van der Waals surface area contributed by atoms with Gasteiger partial charge in [-0.15, -0.1) is 0 Å². The molecular weight excluding hydrogens is 333 g/mol. The Hall–Kier alpha value is -2.40. The Kier molecular flexibility index (Phi) is 5.93. The number of carbonyl (C=O) groups excluding carboxylic acids is 2. The molecule has 0 aliphatic carbocycles. The lowest BCUT2D eigenvalue weighted by Gasteiger charge is -2.14. The van der Waals surface area contributed by atoms with E-state index in [9.17, 15) is 14.0 Å². The van der Waals surface area contributed by atoms with E-state index in [1.807, 2.05) is 19.1 Å². The van der Waals surface area contributed by atoms with Crippen molar-refractivity contribution in [3.05, 3.63) is 64.4 Å². The lowest BCUT2D eigenvalue weighted by atomic mass is 10.1. The number of amides is 1. The van der Waals surface area contributed by atoms with Gasteiger partial charge in [-0.1, -0.05) is 29.8 Å². The summed E-state index contributed by atoms with van der Waals surface area (Å²) in [4.78, 5) is 24.0. The van der Waals surface area contributed by atoms with Crippen molar-refractivity contribution >= 4 is 29.2 Å². The Labute approximate surface area is 144 Å². The molecule has 1 N–H and O–H groups in total. The van der Waals surface area contributed by atoms with E-state index in [0.29, 0.717) is 5.69 Å². The van der Waals surface area contributed by atoms with E-state index in [1.54, 1.807) is 12.1 Å². The number of hydrogen-bond acceptors (Lipinski definition) is 3. The highest BCUT2D eigenvalue weighted by Gasteiger charge is 2.20. The Morgan fingerprint density at radius 1 is 1.25 bits per heavy atom. The van der Waals surface area contributed by atoms with Crippen molar-refractivity contribution in [1.82, 2.24) is 0 Å². The van der Waals surface area contributed by atoms with Gasteiger partial charge in [0.25, 0.3) is 5.91 Å². The summed E-state index contributed by atoms with van der Waals surface area (Å²) in [6, 6.07) is 11.4. The number of nitrogens with one attached hydrogen (secondary N) is 1. The van der Waals surface area contributed by atoms with E-state index in [1.165, 1.54) is 25.1 Å². The van der Waals surface area contributed by atoms with E-state index in [4.69, 9.17) is 16.3 Å². The third-order valence-electron chi connectivity index (χ3n) is 3.35. The first-order valence-electron chi connectivity index (χ1n) is 7.36. The first-order valence-corrected chi connectivity index (χ1v) is 7.74. The van der Waals surface area contributed by atoms with Gasteiger partial charge >= 0.3 is 5.97 Å². The van der Waals surface area contributed by atoms with Crippen LogP contribution in [0.4, 0.5) is 10.1 Å². The van der Waals surface area contributed by atoms with Gasteiger partial charge in [-0.2, -0.15) is 0 Å². The van der Waals surface area contributed by atoms with Crippen molar-refractivity contribution in [3.63, 3.8) is 0 Å². The minimum Gasteiger partial charge on any atom is -0.452 e. The first-order chi connectivity index (χ1) is 11.4. The van der Waals surface area contributed by atoms with E-state index in [2.05, 4.69) is 5.32 Å². The SMILES string of the molecule is Cc1cccc(NC(=O)C(C)OC(=O)Cc2c(F)cccc2Cl)c1. The maximum atomic E-state index is 13.7. The molecule has 126 valence electrons. The van der Waals surface area contributed by atoms with Crippen LogP contribution in [0.2, 0.25) is 5.02 Å². The molecule has 0 saturated carbocycles. The third-order valence-corrected chi connectivity index (χ3v) is 3.70. The van der Waals surface area contributed by atoms with Crippen LogP contribution in [0.15, 0.2) is 42.5 Å². The number of esters is 1. The molecule has 2 aromatic carbocycles. The molecule has 0 aromatic heterocycles. The summed E-state index contributed by atoms with van der Waals surface area (Å²) < 4.78 is 18.7. The van der Waals surface area contributed by atoms with Crippen LogP contribution in [0.3, 0.4) is 0 Å². The Morgan fingerprint density at radius 2 is 1.96 bits per heavy atom. The zero-order valence-electron chi connectivity index (χ0n) is 13.3. The van der Waals surface area contributed by atoms with E-state index < -0.39 is 23.8 Å². The minimum atomic E-state index is -1.01. The molecule has 4 nitrogen and oxygen atoms in total. The van der Waals surface area contributed by atoms with Gasteiger partial charge in [0.05, 0.1) is 6.42 Å². The molecule has 0 aliphatic heterocycles. The number of ether oxygens (including phenoxy) is 1. The molecule has 0 fully saturated rings. The van der Waals surface area contributed by atoms with Crippen molar-refractivity contribution in [2.75, 3.05) is 5.32 Å². The quantitative estimate of drug-likeness (QED) is 0.833. The monoisotopic (exact) mass is 349 g/mol. The Morgan fingerprint density at radius 3 is 2.62 bits per heavy atom. The molecule has 0 radical (unpaired) electrons. The van der Waals surface area contributed by atoms with Crippen LogP contribution in [-0.2, 0) is 20.7 Å². The normalized spacial score (nSPS) is 11.7. The average molecular weight is 350 g/mol. The molecule has 2 aromatic rings. The minimum absolute atomic E-state index is 0.0514. The van der Waals surface area contributed by atoms with Gasteiger partial charge in [-0.05, 0) is 43.7 Å². The summed E-state index contributed by atoms with van der Waals surface area (Å²) in [6.07, 6.45) is -1.35. The number of rotatable bonds is 5. The van der Waals surface area contributed by atoms with E-state index in [0.717, 1.165) is 5.56 Å². The topological polar surface area (TPSA) is 55.4 Å². The van der Waals surface area contributed by atoms with Crippen molar-refractivity contribution < 1.29 is 18.7 Å². The van der Waals surface area contributed by atoms with Gasteiger partial charge < -0.3 is 10.1 Å². The van der Waals surface area contributed by atoms with Crippen molar-refractivity contribution in [2.24, 2.45) is 0 Å². The highest BCUT2D eigenvalue weighted by Crippen LogP contribution is 2.20. The summed E-state index contributed by atoms with van der Waals surface area (Å²) in [7, 11) is 0. The smallest absolute Gasteiger partial charge is 0.311 e. The highest BCUT2D eigenvalue weighted by molar-refractivity contribution is 6.31. The van der Waals surface area contributed by atoms with Crippen LogP contribution in [0.5, 0.6) is 0 Å². The molecule has 1 unspecified atom stereocenters. The van der Waals surface area contributed by atoms with Gasteiger partial charge in [-0.3, -0.25) is 9.59 Å². The molecule has 0 saturated heterocycles. The van der Waals surface area contributed by atoms with Crippen molar-refractivity contribution in [3.8, 4) is 0 Å². The molecule has 0 spiro atoms. The molecule has 0 bridgehead atoms. The second kappa shape index (κ2) is 7.93. The van der Waals surface area contributed by atoms with E-state index >= 15 is 0 Å². The van der Waals surface area contributed by atoms with Gasteiger partial charge in [0.2, 0.25) is 0 Å². The predicted molar refractivity (Wildman–Crippen MR) is 90.5 cm³/mol. The van der Waals surface area contributed by atoms with Crippen LogP contribution in [0.25, 0.3) is 0 Å². The Bertz CT molecular complexity index is 743. The lowest BCUT2D eigenvalue weighted by molar-refractivity contribution is -0.152. The lowest BCUT2D eigenvalue weighted by Crippen LogP contribution is -2.30. The number of halogens is 2. The van der Waals surface area contributed by atoms with Crippen LogP contribution in [0.1, 0.15) is 18.1 Å². The highest BCUT2D eigenvalue weighted by atomic mass is 35.5. The van der Waals surface area contributed by atoms with Gasteiger partial charge in [0, 0.05) is 16.3 Å². The molecule has 0 heterocycles. The summed E-state index contributed by atoms with van der Waals surface area (Å²) in [6.45, 7) is 3.35. The molecule has 6 heteroatoms. The molecule has 24 heavy (non-hydrogen) atoms. The molecule has 1 amide bonds. The number of anilines is 1. The number of aryl methyl sites for hydroxylation is 1. The van der Waals surface area contributed by atoms with Crippen molar-refractivity contribution in [1.29, 1.82) is 0 Å². The molecule has 2 rings (SSSR count). The number of benzene rings is 2. The van der Waals surface area contributed by atoms with Gasteiger partial charge in [0.15, 0.2) is 6.10 Å². The Balaban J connectivity index is 1.94. The average Bonchev–Trinajstić information content (AvgIpc) is 2.51. The van der Waals surface area contributed by atoms with Gasteiger partial charge in [-0.25, -0.2) is 4.39 Å². The first kappa shape index (κ1) is 17.9. The summed E-state index contributed by atoms with van der Waals surface area (Å²) in [5, 5.41) is 2.80. The standard InChI is InChI=1S/C18H17ClFNO3/c1-11-5-3-6-13(9-11)21-18(23)12(2)24-17(22)10-14-15(19)7-4-8-16(14)20/h3-9,12H,10H2,1-2H3,(H,21,23). The molecule has 1 atom stereocenters. The van der Waals surface area contributed by atoms with Gasteiger partial charge in [0.1, 0.15) is 5.82 Å². The second-order valence-corrected chi connectivity index (χ2v) is 5.78. The van der Waals surface area contributed by atoms with Crippen LogP contribution < -0.4 is 5.32 Å².